The minimum atomic E-state index is -0.220. The molecule has 1 aromatic heterocycles. The van der Waals surface area contributed by atoms with E-state index in [0.29, 0.717) is 46.3 Å². The van der Waals surface area contributed by atoms with Crippen LogP contribution in [-0.4, -0.2) is 36.8 Å². The van der Waals surface area contributed by atoms with E-state index in [1.807, 2.05) is 0 Å². The van der Waals surface area contributed by atoms with Gasteiger partial charge >= 0.3 is 6.03 Å². The molecule has 3 rings (SSSR count). The zero-order valence-corrected chi connectivity index (χ0v) is 17.4. The molecule has 0 bridgehead atoms. The van der Waals surface area contributed by atoms with Gasteiger partial charge in [-0.1, -0.05) is 19.8 Å². The van der Waals surface area contributed by atoms with Crippen molar-refractivity contribution in [3.63, 3.8) is 0 Å². The Bertz CT molecular complexity index is 992. The first-order chi connectivity index (χ1) is 14.6. The van der Waals surface area contributed by atoms with Crippen LogP contribution in [0.15, 0.2) is 42.7 Å². The van der Waals surface area contributed by atoms with Crippen LogP contribution in [0.25, 0.3) is 10.9 Å². The Morgan fingerprint density at radius 1 is 1.00 bits per heavy atom. The summed E-state index contributed by atoms with van der Waals surface area (Å²) in [5.41, 5.74) is 1.35. The average molecular weight is 410 g/mol. The predicted molar refractivity (Wildman–Crippen MR) is 116 cm³/mol. The van der Waals surface area contributed by atoms with Crippen LogP contribution in [0.1, 0.15) is 26.2 Å². The maximum Gasteiger partial charge on any atom is 0.319 e. The van der Waals surface area contributed by atoms with E-state index in [1.165, 1.54) is 6.33 Å². The molecule has 0 spiro atoms. The van der Waals surface area contributed by atoms with Crippen molar-refractivity contribution in [3.8, 4) is 23.1 Å². The summed E-state index contributed by atoms with van der Waals surface area (Å²) in [6.45, 7) is 2.79. The molecule has 2 amide bonds. The lowest BCUT2D eigenvalue weighted by atomic mass is 10.2. The standard InChI is InChI=1S/C22H26N4O4/c1-4-5-6-11-23-22(27)26-15-7-9-16(10-8-15)30-21-17-12-19(28-2)20(29-3)13-18(17)24-14-25-21/h7-10,12-14H,4-6,11H2,1-3H3,(H2,23,26,27). The number of anilines is 1. The molecule has 0 atom stereocenters. The van der Waals surface area contributed by atoms with Gasteiger partial charge in [0.05, 0.1) is 25.1 Å². The highest BCUT2D eigenvalue weighted by Gasteiger charge is 2.12. The molecular formula is C22H26N4O4. The van der Waals surface area contributed by atoms with Crippen molar-refractivity contribution < 1.29 is 19.0 Å². The minimum absolute atomic E-state index is 0.220. The van der Waals surface area contributed by atoms with Crippen molar-refractivity contribution in [2.24, 2.45) is 0 Å². The summed E-state index contributed by atoms with van der Waals surface area (Å²) >= 11 is 0. The van der Waals surface area contributed by atoms with Gasteiger partial charge in [0, 0.05) is 18.3 Å². The van der Waals surface area contributed by atoms with Crippen molar-refractivity contribution >= 4 is 22.6 Å². The van der Waals surface area contributed by atoms with Crippen molar-refractivity contribution in [1.82, 2.24) is 15.3 Å². The summed E-state index contributed by atoms with van der Waals surface area (Å²) in [5, 5.41) is 6.34. The number of hydrogen-bond donors (Lipinski definition) is 2. The molecule has 3 aromatic rings. The number of aromatic nitrogens is 2. The molecule has 1 heterocycles. The third kappa shape index (κ3) is 5.28. The Morgan fingerprint density at radius 2 is 1.73 bits per heavy atom. The van der Waals surface area contributed by atoms with Gasteiger partial charge < -0.3 is 24.8 Å². The van der Waals surface area contributed by atoms with Crippen molar-refractivity contribution in [2.75, 3.05) is 26.1 Å². The second-order valence-corrected chi connectivity index (χ2v) is 6.62. The van der Waals surface area contributed by atoms with Crippen LogP contribution < -0.4 is 24.8 Å². The van der Waals surface area contributed by atoms with Gasteiger partial charge in [0.25, 0.3) is 0 Å². The Labute approximate surface area is 175 Å². The first kappa shape index (κ1) is 21.2. The van der Waals surface area contributed by atoms with Crippen LogP contribution in [-0.2, 0) is 0 Å². The molecule has 0 saturated carbocycles. The molecule has 2 N–H and O–H groups in total. The summed E-state index contributed by atoms with van der Waals surface area (Å²) in [7, 11) is 3.14. The SMILES string of the molecule is CCCCCNC(=O)Nc1ccc(Oc2ncnc3cc(OC)c(OC)cc23)cc1. The maximum atomic E-state index is 11.9. The molecule has 2 aromatic carbocycles. The van der Waals surface area contributed by atoms with Crippen LogP contribution in [0.2, 0.25) is 0 Å². The highest BCUT2D eigenvalue weighted by molar-refractivity contribution is 5.89. The summed E-state index contributed by atoms with van der Waals surface area (Å²) in [4.78, 5) is 20.4. The molecule has 0 unspecified atom stereocenters. The number of amides is 2. The topological polar surface area (TPSA) is 94.6 Å². The van der Waals surface area contributed by atoms with E-state index in [4.69, 9.17) is 14.2 Å². The Morgan fingerprint density at radius 3 is 2.43 bits per heavy atom. The van der Waals surface area contributed by atoms with E-state index in [2.05, 4.69) is 27.5 Å². The average Bonchev–Trinajstić information content (AvgIpc) is 2.77. The van der Waals surface area contributed by atoms with Crippen LogP contribution >= 0.6 is 0 Å². The number of ether oxygens (including phenoxy) is 3. The lowest BCUT2D eigenvalue weighted by Crippen LogP contribution is -2.29. The minimum Gasteiger partial charge on any atom is -0.493 e. The smallest absolute Gasteiger partial charge is 0.319 e. The number of rotatable bonds is 9. The summed E-state index contributed by atoms with van der Waals surface area (Å²) in [5.74, 6) is 2.13. The third-order valence-electron chi connectivity index (χ3n) is 4.50. The lowest BCUT2D eigenvalue weighted by Gasteiger charge is -2.12. The van der Waals surface area contributed by atoms with Crippen LogP contribution in [0.4, 0.5) is 10.5 Å². The highest BCUT2D eigenvalue weighted by atomic mass is 16.5. The number of unbranched alkanes of at least 4 members (excludes halogenated alkanes) is 2. The molecular weight excluding hydrogens is 384 g/mol. The van der Waals surface area contributed by atoms with E-state index in [0.717, 1.165) is 19.3 Å². The van der Waals surface area contributed by atoms with Crippen molar-refractivity contribution in [1.29, 1.82) is 0 Å². The molecule has 8 heteroatoms. The number of nitrogens with one attached hydrogen (secondary N) is 2. The highest BCUT2D eigenvalue weighted by Crippen LogP contribution is 2.35. The van der Waals surface area contributed by atoms with E-state index >= 15 is 0 Å². The van der Waals surface area contributed by atoms with E-state index in [9.17, 15) is 4.79 Å². The molecule has 0 aliphatic rings. The normalized spacial score (nSPS) is 10.5. The fourth-order valence-electron chi connectivity index (χ4n) is 2.91. The first-order valence-electron chi connectivity index (χ1n) is 9.84. The van der Waals surface area contributed by atoms with Gasteiger partial charge in [0.2, 0.25) is 5.88 Å². The van der Waals surface area contributed by atoms with Crippen LogP contribution in [0, 0.1) is 0 Å². The lowest BCUT2D eigenvalue weighted by molar-refractivity contribution is 0.252. The summed E-state index contributed by atoms with van der Waals surface area (Å²) in [6.07, 6.45) is 4.62. The van der Waals surface area contributed by atoms with E-state index < -0.39 is 0 Å². The Balaban J connectivity index is 1.69. The van der Waals surface area contributed by atoms with E-state index in [-0.39, 0.29) is 6.03 Å². The molecule has 158 valence electrons. The summed E-state index contributed by atoms with van der Waals surface area (Å²) in [6, 6.07) is 10.4. The quantitative estimate of drug-likeness (QED) is 0.494. The van der Waals surface area contributed by atoms with Gasteiger partial charge in [-0.25, -0.2) is 14.8 Å². The van der Waals surface area contributed by atoms with Gasteiger partial charge in [-0.3, -0.25) is 0 Å². The van der Waals surface area contributed by atoms with Crippen LogP contribution in [0.5, 0.6) is 23.1 Å². The molecule has 0 radical (unpaired) electrons. The van der Waals surface area contributed by atoms with Gasteiger partial charge in [-0.05, 0) is 36.8 Å². The molecule has 0 saturated heterocycles. The third-order valence-corrected chi connectivity index (χ3v) is 4.50. The van der Waals surface area contributed by atoms with Crippen molar-refractivity contribution in [3.05, 3.63) is 42.7 Å². The van der Waals surface area contributed by atoms with E-state index in [1.54, 1.807) is 50.6 Å². The number of methoxy groups -OCH3 is 2. The van der Waals surface area contributed by atoms with Crippen molar-refractivity contribution in [2.45, 2.75) is 26.2 Å². The van der Waals surface area contributed by atoms with Crippen LogP contribution in [0.3, 0.4) is 0 Å². The van der Waals surface area contributed by atoms with Gasteiger partial charge in [0.1, 0.15) is 12.1 Å². The zero-order valence-electron chi connectivity index (χ0n) is 17.4. The zero-order chi connectivity index (χ0) is 21.3. The van der Waals surface area contributed by atoms with Gasteiger partial charge in [-0.15, -0.1) is 0 Å². The van der Waals surface area contributed by atoms with Gasteiger partial charge in [0.15, 0.2) is 11.5 Å². The number of urea groups is 1. The fourth-order valence-corrected chi connectivity index (χ4v) is 2.91. The number of hydrogen-bond acceptors (Lipinski definition) is 6. The second-order valence-electron chi connectivity index (χ2n) is 6.62. The predicted octanol–water partition coefficient (Wildman–Crippen LogP) is 4.75. The number of nitrogens with zero attached hydrogens (tertiary/aromatic N) is 2. The number of fused-ring (bicyclic) bond motifs is 1. The van der Waals surface area contributed by atoms with Gasteiger partial charge in [-0.2, -0.15) is 0 Å². The maximum absolute atomic E-state index is 11.9. The number of benzene rings is 2. The molecule has 30 heavy (non-hydrogen) atoms. The number of carbonyl (C=O) groups is 1. The summed E-state index contributed by atoms with van der Waals surface area (Å²) < 4.78 is 16.6. The molecule has 0 fully saturated rings. The fraction of sp³-hybridized carbons (Fsp3) is 0.318. The number of carbonyl (C=O) groups excluding carboxylic acids is 1. The monoisotopic (exact) mass is 410 g/mol. The Hall–Kier alpha value is -3.55. The second kappa shape index (κ2) is 10.3. The first-order valence-corrected chi connectivity index (χ1v) is 9.84. The molecule has 0 aliphatic heterocycles. The Kier molecular flexibility index (Phi) is 7.26. The largest absolute Gasteiger partial charge is 0.493 e. The molecule has 8 nitrogen and oxygen atoms in total. The molecule has 0 aliphatic carbocycles.